The molecule has 0 radical (unpaired) electrons. The van der Waals surface area contributed by atoms with Gasteiger partial charge >= 0.3 is 0 Å². The molecule has 2 aromatic heterocycles. The van der Waals surface area contributed by atoms with Gasteiger partial charge in [0.15, 0.2) is 6.29 Å². The molecule has 0 fully saturated rings. The van der Waals surface area contributed by atoms with Crippen molar-refractivity contribution in [3.8, 4) is 11.4 Å². The minimum absolute atomic E-state index is 0.121. The quantitative estimate of drug-likeness (QED) is 0.555. The predicted molar refractivity (Wildman–Crippen MR) is 52.4 cm³/mol. The molecule has 0 aromatic carbocycles. The average Bonchev–Trinajstić information content (AvgIpc) is 2.64. The van der Waals surface area contributed by atoms with Crippen LogP contribution < -0.4 is 0 Å². The lowest BCUT2D eigenvalue weighted by atomic mass is 10.2. The van der Waals surface area contributed by atoms with Gasteiger partial charge in [0.05, 0.1) is 11.8 Å². The summed E-state index contributed by atoms with van der Waals surface area (Å²) in [6.45, 7) is 0. The molecule has 0 saturated heterocycles. The van der Waals surface area contributed by atoms with Crippen molar-refractivity contribution >= 4 is 17.9 Å². The maximum atomic E-state index is 10.8. The normalized spacial score (nSPS) is 10.3. The van der Waals surface area contributed by atoms with Crippen molar-refractivity contribution in [2.24, 2.45) is 7.05 Å². The summed E-state index contributed by atoms with van der Waals surface area (Å²) in [6, 6.07) is 0. The molecule has 0 N–H and O–H groups in total. The van der Waals surface area contributed by atoms with Crippen LogP contribution in [0.3, 0.4) is 0 Å². The van der Waals surface area contributed by atoms with Crippen LogP contribution in [-0.4, -0.2) is 31.2 Å². The Bertz CT molecular complexity index is 509. The molecular formula is C8H6ClN5O. The summed E-state index contributed by atoms with van der Waals surface area (Å²) < 4.78 is 1.51. The number of aryl methyl sites for hydroxylation is 1. The Kier molecular flexibility index (Phi) is 2.42. The molecule has 6 nitrogen and oxygen atoms in total. The SMILES string of the molecule is Cn1nncc1-c1ncnc(Cl)c1C=O. The van der Waals surface area contributed by atoms with Crippen molar-refractivity contribution in [1.82, 2.24) is 25.0 Å². The minimum atomic E-state index is 0.121. The summed E-state index contributed by atoms with van der Waals surface area (Å²) in [5.41, 5.74) is 1.28. The molecule has 0 saturated carbocycles. The third-order valence-corrected chi connectivity index (χ3v) is 2.21. The molecule has 76 valence electrons. The second-order valence-corrected chi connectivity index (χ2v) is 3.15. The topological polar surface area (TPSA) is 73.6 Å². The highest BCUT2D eigenvalue weighted by Gasteiger charge is 2.14. The van der Waals surface area contributed by atoms with E-state index >= 15 is 0 Å². The van der Waals surface area contributed by atoms with Crippen LogP contribution in [-0.2, 0) is 7.05 Å². The monoisotopic (exact) mass is 223 g/mol. The van der Waals surface area contributed by atoms with Gasteiger partial charge in [0.25, 0.3) is 0 Å². The van der Waals surface area contributed by atoms with Gasteiger partial charge in [0.1, 0.15) is 22.9 Å². The van der Waals surface area contributed by atoms with E-state index < -0.39 is 0 Å². The predicted octanol–water partition coefficient (Wildman–Crippen LogP) is 0.738. The standard InChI is InChI=1S/C8H6ClN5O/c1-14-6(2-12-13-14)7-5(3-15)8(9)11-4-10-7/h2-4H,1H3. The van der Waals surface area contributed by atoms with E-state index in [9.17, 15) is 4.79 Å². The summed E-state index contributed by atoms with van der Waals surface area (Å²) in [4.78, 5) is 18.5. The van der Waals surface area contributed by atoms with E-state index in [0.29, 0.717) is 17.7 Å². The molecule has 0 aliphatic rings. The van der Waals surface area contributed by atoms with E-state index in [4.69, 9.17) is 11.6 Å². The van der Waals surface area contributed by atoms with E-state index in [1.807, 2.05) is 0 Å². The van der Waals surface area contributed by atoms with Gasteiger partial charge in [-0.05, 0) is 0 Å². The number of carbonyl (C=O) groups excluding carboxylic acids is 1. The average molecular weight is 224 g/mol. The van der Waals surface area contributed by atoms with Crippen LogP contribution in [0.2, 0.25) is 5.15 Å². The van der Waals surface area contributed by atoms with Gasteiger partial charge in [0.2, 0.25) is 0 Å². The van der Waals surface area contributed by atoms with Crippen molar-refractivity contribution in [2.45, 2.75) is 0 Å². The van der Waals surface area contributed by atoms with Crippen molar-refractivity contribution in [3.05, 3.63) is 23.2 Å². The lowest BCUT2D eigenvalue weighted by Crippen LogP contribution is -2.00. The maximum absolute atomic E-state index is 10.8. The minimum Gasteiger partial charge on any atom is -0.298 e. The zero-order valence-corrected chi connectivity index (χ0v) is 8.51. The third kappa shape index (κ3) is 1.59. The number of nitrogens with zero attached hydrogens (tertiary/aromatic N) is 5. The maximum Gasteiger partial charge on any atom is 0.155 e. The molecular weight excluding hydrogens is 218 g/mol. The van der Waals surface area contributed by atoms with E-state index in [2.05, 4.69) is 20.3 Å². The van der Waals surface area contributed by atoms with E-state index in [-0.39, 0.29) is 10.7 Å². The van der Waals surface area contributed by atoms with Crippen LogP contribution in [0.1, 0.15) is 10.4 Å². The molecule has 0 aliphatic heterocycles. The fraction of sp³-hybridized carbons (Fsp3) is 0.125. The summed E-state index contributed by atoms with van der Waals surface area (Å²) in [6.07, 6.45) is 3.41. The Labute approximate surface area is 89.9 Å². The zero-order chi connectivity index (χ0) is 10.8. The number of hydrogen-bond acceptors (Lipinski definition) is 5. The van der Waals surface area contributed by atoms with Crippen molar-refractivity contribution < 1.29 is 4.79 Å². The first kappa shape index (κ1) is 9.72. The highest BCUT2D eigenvalue weighted by Crippen LogP contribution is 2.22. The Morgan fingerprint density at radius 2 is 2.27 bits per heavy atom. The van der Waals surface area contributed by atoms with E-state index in [0.717, 1.165) is 0 Å². The van der Waals surface area contributed by atoms with Gasteiger partial charge in [-0.15, -0.1) is 5.10 Å². The number of aromatic nitrogens is 5. The summed E-state index contributed by atoms with van der Waals surface area (Å²) in [5.74, 6) is 0. The Hall–Kier alpha value is -1.82. The largest absolute Gasteiger partial charge is 0.298 e. The second kappa shape index (κ2) is 3.74. The molecule has 15 heavy (non-hydrogen) atoms. The highest BCUT2D eigenvalue weighted by atomic mass is 35.5. The van der Waals surface area contributed by atoms with Gasteiger partial charge < -0.3 is 0 Å². The van der Waals surface area contributed by atoms with E-state index in [1.54, 1.807) is 7.05 Å². The van der Waals surface area contributed by atoms with Crippen molar-refractivity contribution in [1.29, 1.82) is 0 Å². The molecule has 2 aromatic rings. The van der Waals surface area contributed by atoms with Crippen LogP contribution in [0, 0.1) is 0 Å². The summed E-state index contributed by atoms with van der Waals surface area (Å²) in [5, 5.41) is 7.56. The first-order chi connectivity index (χ1) is 7.24. The van der Waals surface area contributed by atoms with Gasteiger partial charge in [-0.1, -0.05) is 16.8 Å². The molecule has 0 amide bonds. The molecule has 0 bridgehead atoms. The number of aldehydes is 1. The zero-order valence-electron chi connectivity index (χ0n) is 7.75. The molecule has 0 spiro atoms. The van der Waals surface area contributed by atoms with Crippen molar-refractivity contribution in [3.63, 3.8) is 0 Å². The van der Waals surface area contributed by atoms with Crippen molar-refractivity contribution in [2.75, 3.05) is 0 Å². The van der Waals surface area contributed by atoms with Crippen LogP contribution >= 0.6 is 11.6 Å². The van der Waals surface area contributed by atoms with Crippen LogP contribution in [0.5, 0.6) is 0 Å². The van der Waals surface area contributed by atoms with Crippen LogP contribution in [0.15, 0.2) is 12.5 Å². The Morgan fingerprint density at radius 3 is 2.87 bits per heavy atom. The fourth-order valence-corrected chi connectivity index (χ4v) is 1.36. The number of halogens is 1. The molecule has 0 atom stereocenters. The lowest BCUT2D eigenvalue weighted by molar-refractivity contribution is 0.112. The van der Waals surface area contributed by atoms with E-state index in [1.165, 1.54) is 17.2 Å². The molecule has 0 aliphatic carbocycles. The van der Waals surface area contributed by atoms with Gasteiger partial charge in [0, 0.05) is 7.05 Å². The van der Waals surface area contributed by atoms with Crippen LogP contribution in [0.4, 0.5) is 0 Å². The Morgan fingerprint density at radius 1 is 1.47 bits per heavy atom. The number of carbonyl (C=O) groups is 1. The summed E-state index contributed by atoms with van der Waals surface area (Å²) in [7, 11) is 1.70. The highest BCUT2D eigenvalue weighted by molar-refractivity contribution is 6.32. The van der Waals surface area contributed by atoms with Gasteiger partial charge in [-0.25, -0.2) is 14.6 Å². The molecule has 2 heterocycles. The fourth-order valence-electron chi connectivity index (χ4n) is 1.19. The first-order valence-electron chi connectivity index (χ1n) is 4.04. The second-order valence-electron chi connectivity index (χ2n) is 2.79. The smallest absolute Gasteiger partial charge is 0.155 e. The third-order valence-electron chi connectivity index (χ3n) is 1.91. The molecule has 2 rings (SSSR count). The lowest BCUT2D eigenvalue weighted by Gasteiger charge is -2.03. The first-order valence-corrected chi connectivity index (χ1v) is 4.42. The molecule has 0 unspecified atom stereocenters. The molecule has 7 heteroatoms. The van der Waals surface area contributed by atoms with Gasteiger partial charge in [-0.3, -0.25) is 4.79 Å². The number of rotatable bonds is 2. The number of hydrogen-bond donors (Lipinski definition) is 0. The summed E-state index contributed by atoms with van der Waals surface area (Å²) >= 11 is 5.77. The Balaban J connectivity index is 2.68. The van der Waals surface area contributed by atoms with Crippen LogP contribution in [0.25, 0.3) is 11.4 Å². The van der Waals surface area contributed by atoms with Gasteiger partial charge in [-0.2, -0.15) is 0 Å².